The van der Waals surface area contributed by atoms with Crippen molar-refractivity contribution in [3.05, 3.63) is 36.7 Å². The summed E-state index contributed by atoms with van der Waals surface area (Å²) in [6.07, 6.45) is 3.89. The molecule has 5 heteroatoms. The minimum atomic E-state index is -0.288. The normalized spacial score (nSPS) is 14.3. The summed E-state index contributed by atoms with van der Waals surface area (Å²) in [4.78, 5) is 13.6. The molecule has 1 aliphatic rings. The van der Waals surface area contributed by atoms with Crippen LogP contribution in [-0.2, 0) is 4.79 Å². The van der Waals surface area contributed by atoms with E-state index in [0.29, 0.717) is 17.9 Å². The summed E-state index contributed by atoms with van der Waals surface area (Å²) in [7, 11) is 0. The largest absolute Gasteiger partial charge is 0.369 e. The maximum Gasteiger partial charge on any atom is 0.238 e. The minimum Gasteiger partial charge on any atom is -0.369 e. The number of benzene rings is 1. The molecular weight excluding hydrogens is 257 g/mol. The molecular formula is C15H20FN3O. The smallest absolute Gasteiger partial charge is 0.238 e. The van der Waals surface area contributed by atoms with Crippen molar-refractivity contribution in [3.63, 3.8) is 0 Å². The molecule has 20 heavy (non-hydrogen) atoms. The molecule has 1 amide bonds. The van der Waals surface area contributed by atoms with Gasteiger partial charge in [0.2, 0.25) is 5.91 Å². The van der Waals surface area contributed by atoms with Crippen molar-refractivity contribution in [1.29, 1.82) is 0 Å². The van der Waals surface area contributed by atoms with Crippen molar-refractivity contribution in [2.24, 2.45) is 0 Å². The Hall–Kier alpha value is -1.88. The van der Waals surface area contributed by atoms with Gasteiger partial charge in [-0.15, -0.1) is 6.58 Å². The first kappa shape index (κ1) is 14.5. The molecule has 1 fully saturated rings. The number of hydrogen-bond acceptors (Lipinski definition) is 3. The van der Waals surface area contributed by atoms with Gasteiger partial charge in [-0.3, -0.25) is 4.79 Å². The van der Waals surface area contributed by atoms with Crippen molar-refractivity contribution in [3.8, 4) is 0 Å². The summed E-state index contributed by atoms with van der Waals surface area (Å²) < 4.78 is 14.0. The standard InChI is InChI=1S/C15H20FN3O/c1-2-7-17-11-15(20)18-12-5-6-14(13(16)10-12)19-8-3-4-9-19/h2,5-6,10,17H,1,3-4,7-9,11H2,(H,18,20). The van der Waals surface area contributed by atoms with Gasteiger partial charge < -0.3 is 15.5 Å². The van der Waals surface area contributed by atoms with Gasteiger partial charge in [0.15, 0.2) is 0 Å². The molecule has 0 aromatic heterocycles. The van der Waals surface area contributed by atoms with Crippen molar-refractivity contribution in [1.82, 2.24) is 5.32 Å². The third kappa shape index (κ3) is 3.81. The van der Waals surface area contributed by atoms with E-state index in [1.54, 1.807) is 18.2 Å². The highest BCUT2D eigenvalue weighted by molar-refractivity contribution is 5.92. The molecule has 2 rings (SSSR count). The summed E-state index contributed by atoms with van der Waals surface area (Å²) in [5, 5.41) is 5.56. The van der Waals surface area contributed by atoms with E-state index in [9.17, 15) is 9.18 Å². The van der Waals surface area contributed by atoms with E-state index < -0.39 is 0 Å². The van der Waals surface area contributed by atoms with Crippen LogP contribution in [0.1, 0.15) is 12.8 Å². The molecule has 1 aromatic rings. The highest BCUT2D eigenvalue weighted by atomic mass is 19.1. The first-order chi connectivity index (χ1) is 9.70. The van der Waals surface area contributed by atoms with Gasteiger partial charge in [-0.2, -0.15) is 0 Å². The lowest BCUT2D eigenvalue weighted by molar-refractivity contribution is -0.115. The predicted octanol–water partition coefficient (Wildman–Crippen LogP) is 2.14. The zero-order valence-corrected chi connectivity index (χ0v) is 11.5. The van der Waals surface area contributed by atoms with Gasteiger partial charge in [-0.05, 0) is 31.0 Å². The lowest BCUT2D eigenvalue weighted by atomic mass is 10.2. The Bertz CT molecular complexity index is 484. The number of carbonyl (C=O) groups is 1. The highest BCUT2D eigenvalue weighted by Crippen LogP contribution is 2.25. The summed E-state index contributed by atoms with van der Waals surface area (Å²) in [6.45, 7) is 6.09. The molecule has 2 N–H and O–H groups in total. The Kier molecular flexibility index (Phi) is 5.12. The first-order valence-electron chi connectivity index (χ1n) is 6.86. The molecule has 1 heterocycles. The maximum atomic E-state index is 14.0. The van der Waals surface area contributed by atoms with Crippen LogP contribution in [0.25, 0.3) is 0 Å². The predicted molar refractivity (Wildman–Crippen MR) is 79.5 cm³/mol. The van der Waals surface area contributed by atoms with E-state index in [4.69, 9.17) is 0 Å². The average Bonchev–Trinajstić information content (AvgIpc) is 2.93. The van der Waals surface area contributed by atoms with Crippen LogP contribution in [0.4, 0.5) is 15.8 Å². The monoisotopic (exact) mass is 277 g/mol. The number of anilines is 2. The SMILES string of the molecule is C=CCNCC(=O)Nc1ccc(N2CCCC2)c(F)c1. The van der Waals surface area contributed by atoms with Crippen molar-refractivity contribution in [2.45, 2.75) is 12.8 Å². The van der Waals surface area contributed by atoms with E-state index in [0.717, 1.165) is 25.9 Å². The van der Waals surface area contributed by atoms with Gasteiger partial charge in [0.05, 0.1) is 12.2 Å². The fourth-order valence-corrected chi connectivity index (χ4v) is 2.29. The Morgan fingerprint density at radius 2 is 2.15 bits per heavy atom. The van der Waals surface area contributed by atoms with E-state index in [2.05, 4.69) is 17.2 Å². The second-order valence-corrected chi connectivity index (χ2v) is 4.83. The zero-order valence-electron chi connectivity index (χ0n) is 11.5. The molecule has 0 spiro atoms. The van der Waals surface area contributed by atoms with Gasteiger partial charge in [0, 0.05) is 25.3 Å². The highest BCUT2D eigenvalue weighted by Gasteiger charge is 2.16. The number of hydrogen-bond donors (Lipinski definition) is 2. The van der Waals surface area contributed by atoms with Crippen LogP contribution >= 0.6 is 0 Å². The van der Waals surface area contributed by atoms with Crippen LogP contribution in [0.15, 0.2) is 30.9 Å². The Morgan fingerprint density at radius 1 is 1.40 bits per heavy atom. The Balaban J connectivity index is 1.94. The summed E-state index contributed by atoms with van der Waals surface area (Å²) in [5.74, 6) is -0.482. The van der Waals surface area contributed by atoms with Gasteiger partial charge in [-0.1, -0.05) is 6.08 Å². The van der Waals surface area contributed by atoms with E-state index in [1.165, 1.54) is 6.07 Å². The van der Waals surface area contributed by atoms with Crippen LogP contribution in [0.5, 0.6) is 0 Å². The number of carbonyl (C=O) groups excluding carboxylic acids is 1. The number of nitrogens with zero attached hydrogens (tertiary/aromatic N) is 1. The van der Waals surface area contributed by atoms with Crippen LogP contribution < -0.4 is 15.5 Å². The van der Waals surface area contributed by atoms with E-state index in [-0.39, 0.29) is 18.3 Å². The number of rotatable bonds is 6. The topological polar surface area (TPSA) is 44.4 Å². The number of halogens is 1. The molecule has 0 aliphatic carbocycles. The fourth-order valence-electron chi connectivity index (χ4n) is 2.29. The second-order valence-electron chi connectivity index (χ2n) is 4.83. The summed E-state index contributed by atoms with van der Waals surface area (Å²) in [6, 6.07) is 4.84. The summed E-state index contributed by atoms with van der Waals surface area (Å²) in [5.41, 5.74) is 1.10. The minimum absolute atomic E-state index is 0.182. The van der Waals surface area contributed by atoms with Gasteiger partial charge in [-0.25, -0.2) is 4.39 Å². The third-order valence-corrected chi connectivity index (χ3v) is 3.25. The lowest BCUT2D eigenvalue weighted by Gasteiger charge is -2.18. The van der Waals surface area contributed by atoms with Crippen molar-refractivity contribution >= 4 is 17.3 Å². The molecule has 0 atom stereocenters. The van der Waals surface area contributed by atoms with Crippen LogP contribution in [0.2, 0.25) is 0 Å². The quantitative estimate of drug-likeness (QED) is 0.618. The molecule has 0 bridgehead atoms. The molecule has 1 aliphatic heterocycles. The molecule has 108 valence electrons. The van der Waals surface area contributed by atoms with Crippen LogP contribution in [0.3, 0.4) is 0 Å². The van der Waals surface area contributed by atoms with Gasteiger partial charge in [0.25, 0.3) is 0 Å². The number of amides is 1. The van der Waals surface area contributed by atoms with E-state index >= 15 is 0 Å². The molecule has 0 radical (unpaired) electrons. The average molecular weight is 277 g/mol. The lowest BCUT2D eigenvalue weighted by Crippen LogP contribution is -2.28. The first-order valence-corrected chi connectivity index (χ1v) is 6.86. The maximum absolute atomic E-state index is 14.0. The van der Waals surface area contributed by atoms with Gasteiger partial charge in [0.1, 0.15) is 5.82 Å². The third-order valence-electron chi connectivity index (χ3n) is 3.25. The summed E-state index contributed by atoms with van der Waals surface area (Å²) >= 11 is 0. The Morgan fingerprint density at radius 3 is 2.80 bits per heavy atom. The van der Waals surface area contributed by atoms with Crippen LogP contribution in [-0.4, -0.2) is 32.1 Å². The second kappa shape index (κ2) is 7.05. The number of nitrogens with one attached hydrogen (secondary N) is 2. The van der Waals surface area contributed by atoms with Crippen molar-refractivity contribution < 1.29 is 9.18 Å². The van der Waals surface area contributed by atoms with Crippen LogP contribution in [0, 0.1) is 5.82 Å². The molecule has 0 saturated carbocycles. The molecule has 4 nitrogen and oxygen atoms in total. The van der Waals surface area contributed by atoms with E-state index in [1.807, 2.05) is 4.90 Å². The molecule has 0 unspecified atom stereocenters. The molecule has 1 saturated heterocycles. The van der Waals surface area contributed by atoms with Gasteiger partial charge >= 0.3 is 0 Å². The molecule has 1 aromatic carbocycles. The Labute approximate surface area is 118 Å². The van der Waals surface area contributed by atoms with Crippen molar-refractivity contribution in [2.75, 3.05) is 36.4 Å². The zero-order chi connectivity index (χ0) is 14.4. The fraction of sp³-hybridized carbons (Fsp3) is 0.400.